The maximum atomic E-state index is 13.1. The Balaban J connectivity index is 1.85. The molecule has 1 saturated heterocycles. The molecule has 122 valence electrons. The third-order valence-electron chi connectivity index (χ3n) is 3.86. The van der Waals surface area contributed by atoms with E-state index in [-0.39, 0.29) is 5.92 Å². The topological polar surface area (TPSA) is 54.5 Å². The Morgan fingerprint density at radius 2 is 1.91 bits per heavy atom. The first-order chi connectivity index (χ1) is 10.2. The zero-order chi connectivity index (χ0) is 16.5. The zero-order valence-corrected chi connectivity index (χ0v) is 13.4. The molecule has 1 aliphatic rings. The van der Waals surface area contributed by atoms with Crippen LogP contribution in [0.1, 0.15) is 19.4 Å². The van der Waals surface area contributed by atoms with E-state index in [9.17, 15) is 22.0 Å². The van der Waals surface area contributed by atoms with E-state index >= 15 is 0 Å². The van der Waals surface area contributed by atoms with Crippen LogP contribution in [-0.4, -0.2) is 43.3 Å². The normalized spacial score (nSPS) is 16.0. The Hall–Kier alpha value is -1.50. The molecular weight excluding hydrogens is 312 g/mol. The molecule has 1 fully saturated rings. The van der Waals surface area contributed by atoms with Gasteiger partial charge in [-0.2, -0.15) is 0 Å². The van der Waals surface area contributed by atoms with Crippen molar-refractivity contribution in [1.29, 1.82) is 0 Å². The Morgan fingerprint density at radius 3 is 2.45 bits per heavy atom. The lowest BCUT2D eigenvalue weighted by Gasteiger charge is -2.39. The number of rotatable bonds is 5. The summed E-state index contributed by atoms with van der Waals surface area (Å²) in [6, 6.07) is 3.76. The third-order valence-corrected chi connectivity index (χ3v) is 5.95. The summed E-state index contributed by atoms with van der Waals surface area (Å²) in [5, 5.41) is -0.573. The highest BCUT2D eigenvalue weighted by atomic mass is 32.2. The van der Waals surface area contributed by atoms with E-state index in [1.807, 2.05) is 0 Å². The number of benzene rings is 1. The minimum absolute atomic E-state index is 0.149. The summed E-state index contributed by atoms with van der Waals surface area (Å²) in [7, 11) is -3.39. The van der Waals surface area contributed by atoms with Crippen LogP contribution in [0.15, 0.2) is 18.2 Å². The van der Waals surface area contributed by atoms with Crippen LogP contribution in [-0.2, 0) is 21.1 Å². The SMILES string of the molecule is CC(C)S(=O)(=O)CC(=O)N1CC(Cc2ccc(F)c(F)c2)C1. The molecule has 1 aromatic rings. The number of carbonyl (C=O) groups is 1. The van der Waals surface area contributed by atoms with E-state index < -0.39 is 38.4 Å². The molecule has 0 aromatic heterocycles. The van der Waals surface area contributed by atoms with Gasteiger partial charge in [0, 0.05) is 13.1 Å². The van der Waals surface area contributed by atoms with Gasteiger partial charge in [-0.3, -0.25) is 4.79 Å². The number of likely N-dealkylation sites (tertiary alicyclic amines) is 1. The molecule has 1 heterocycles. The van der Waals surface area contributed by atoms with E-state index in [1.165, 1.54) is 11.0 Å². The van der Waals surface area contributed by atoms with Crippen LogP contribution < -0.4 is 0 Å². The summed E-state index contributed by atoms with van der Waals surface area (Å²) in [5.74, 6) is -2.48. The highest BCUT2D eigenvalue weighted by molar-refractivity contribution is 7.92. The van der Waals surface area contributed by atoms with Gasteiger partial charge in [-0.1, -0.05) is 6.07 Å². The minimum Gasteiger partial charge on any atom is -0.341 e. The number of hydrogen-bond donors (Lipinski definition) is 0. The van der Waals surface area contributed by atoms with Gasteiger partial charge in [0.25, 0.3) is 0 Å². The van der Waals surface area contributed by atoms with Crippen molar-refractivity contribution in [3.63, 3.8) is 0 Å². The third kappa shape index (κ3) is 3.82. The maximum absolute atomic E-state index is 13.1. The summed E-state index contributed by atoms with van der Waals surface area (Å²) in [6.45, 7) is 3.99. The van der Waals surface area contributed by atoms with Gasteiger partial charge in [0.15, 0.2) is 21.5 Å². The molecule has 0 spiro atoms. The van der Waals surface area contributed by atoms with Crippen molar-refractivity contribution in [3.8, 4) is 0 Å². The number of carbonyl (C=O) groups excluding carboxylic acids is 1. The molecule has 1 aliphatic heterocycles. The molecule has 0 atom stereocenters. The van der Waals surface area contributed by atoms with Crippen molar-refractivity contribution in [1.82, 2.24) is 4.90 Å². The Kier molecular flexibility index (Phi) is 4.84. The Morgan fingerprint density at radius 1 is 1.27 bits per heavy atom. The monoisotopic (exact) mass is 331 g/mol. The van der Waals surface area contributed by atoms with Gasteiger partial charge in [-0.15, -0.1) is 0 Å². The van der Waals surface area contributed by atoms with Crippen molar-refractivity contribution in [2.45, 2.75) is 25.5 Å². The van der Waals surface area contributed by atoms with E-state index in [2.05, 4.69) is 0 Å². The lowest BCUT2D eigenvalue weighted by Crippen LogP contribution is -2.52. The van der Waals surface area contributed by atoms with E-state index in [1.54, 1.807) is 13.8 Å². The number of sulfone groups is 1. The van der Waals surface area contributed by atoms with Gasteiger partial charge in [-0.05, 0) is 43.9 Å². The smallest absolute Gasteiger partial charge is 0.237 e. The molecule has 4 nitrogen and oxygen atoms in total. The molecule has 0 bridgehead atoms. The molecule has 0 saturated carbocycles. The van der Waals surface area contributed by atoms with Gasteiger partial charge in [0.2, 0.25) is 5.91 Å². The fourth-order valence-corrected chi connectivity index (χ4v) is 3.19. The van der Waals surface area contributed by atoms with Crippen molar-refractivity contribution in [2.75, 3.05) is 18.8 Å². The largest absolute Gasteiger partial charge is 0.341 e. The second kappa shape index (κ2) is 6.32. The number of hydrogen-bond acceptors (Lipinski definition) is 3. The number of amides is 1. The lowest BCUT2D eigenvalue weighted by molar-refractivity contribution is -0.134. The van der Waals surface area contributed by atoms with Crippen LogP contribution in [0, 0.1) is 17.6 Å². The first kappa shape index (κ1) is 16.9. The molecule has 7 heteroatoms. The van der Waals surface area contributed by atoms with E-state index in [0.717, 1.165) is 12.1 Å². The van der Waals surface area contributed by atoms with E-state index in [0.29, 0.717) is 25.1 Å². The number of halogens is 2. The van der Waals surface area contributed by atoms with Gasteiger partial charge in [0.1, 0.15) is 5.75 Å². The standard InChI is InChI=1S/C15H19F2NO3S/c1-10(2)22(20,21)9-15(19)18-7-12(8-18)5-11-3-4-13(16)14(17)6-11/h3-4,6,10,12H,5,7-9H2,1-2H3. The van der Waals surface area contributed by atoms with Crippen LogP contribution in [0.4, 0.5) is 8.78 Å². The average molecular weight is 331 g/mol. The van der Waals surface area contributed by atoms with Crippen molar-refractivity contribution < 1.29 is 22.0 Å². The minimum atomic E-state index is -3.39. The van der Waals surface area contributed by atoms with Crippen LogP contribution in [0.2, 0.25) is 0 Å². The summed E-state index contributed by atoms with van der Waals surface area (Å²) in [5.41, 5.74) is 0.672. The predicted molar refractivity (Wildman–Crippen MR) is 79.1 cm³/mol. The maximum Gasteiger partial charge on any atom is 0.237 e. The molecule has 0 aliphatic carbocycles. The Labute approximate surface area is 129 Å². The molecule has 0 unspecified atom stereocenters. The quantitative estimate of drug-likeness (QED) is 0.826. The fourth-order valence-electron chi connectivity index (χ4n) is 2.33. The highest BCUT2D eigenvalue weighted by Gasteiger charge is 2.33. The molecule has 1 aromatic carbocycles. The molecule has 2 rings (SSSR count). The van der Waals surface area contributed by atoms with Gasteiger partial charge >= 0.3 is 0 Å². The Bertz CT molecular complexity index is 667. The van der Waals surface area contributed by atoms with Crippen LogP contribution in [0.25, 0.3) is 0 Å². The van der Waals surface area contributed by atoms with Crippen molar-refractivity contribution in [3.05, 3.63) is 35.4 Å². The summed E-state index contributed by atoms with van der Waals surface area (Å²) >= 11 is 0. The second-order valence-corrected chi connectivity index (χ2v) is 8.53. The lowest BCUT2D eigenvalue weighted by atomic mass is 9.92. The van der Waals surface area contributed by atoms with Crippen LogP contribution >= 0.6 is 0 Å². The highest BCUT2D eigenvalue weighted by Crippen LogP contribution is 2.22. The number of nitrogens with zero attached hydrogens (tertiary/aromatic N) is 1. The van der Waals surface area contributed by atoms with Gasteiger partial charge < -0.3 is 4.90 Å². The second-order valence-electron chi connectivity index (χ2n) is 5.97. The summed E-state index contributed by atoms with van der Waals surface area (Å²) in [4.78, 5) is 13.4. The zero-order valence-electron chi connectivity index (χ0n) is 12.6. The van der Waals surface area contributed by atoms with Crippen molar-refractivity contribution in [2.24, 2.45) is 5.92 Å². The first-order valence-electron chi connectivity index (χ1n) is 7.12. The van der Waals surface area contributed by atoms with Crippen LogP contribution in [0.5, 0.6) is 0 Å². The molecule has 0 N–H and O–H groups in total. The summed E-state index contributed by atoms with van der Waals surface area (Å²) < 4.78 is 49.4. The summed E-state index contributed by atoms with van der Waals surface area (Å²) in [6.07, 6.45) is 0.540. The molecule has 22 heavy (non-hydrogen) atoms. The average Bonchev–Trinajstić information content (AvgIpc) is 2.36. The molecular formula is C15H19F2NO3S. The molecule has 1 amide bonds. The van der Waals surface area contributed by atoms with Gasteiger partial charge in [-0.25, -0.2) is 17.2 Å². The first-order valence-corrected chi connectivity index (χ1v) is 8.84. The van der Waals surface area contributed by atoms with Crippen molar-refractivity contribution >= 4 is 15.7 Å². The predicted octanol–water partition coefficient (Wildman–Crippen LogP) is 1.79. The molecule has 0 radical (unpaired) electrons. The fraction of sp³-hybridized carbons (Fsp3) is 0.533. The van der Waals surface area contributed by atoms with Gasteiger partial charge in [0.05, 0.1) is 5.25 Å². The van der Waals surface area contributed by atoms with Crippen LogP contribution in [0.3, 0.4) is 0 Å². The van der Waals surface area contributed by atoms with E-state index in [4.69, 9.17) is 0 Å².